The summed E-state index contributed by atoms with van der Waals surface area (Å²) in [7, 11) is 0. The largest absolute Gasteiger partial charge is 0.251 e. The van der Waals surface area contributed by atoms with E-state index in [-0.39, 0.29) is 11.7 Å². The van der Waals surface area contributed by atoms with Crippen molar-refractivity contribution < 1.29 is 14.5 Å². The van der Waals surface area contributed by atoms with Crippen molar-refractivity contribution in [1.82, 2.24) is 0 Å². The van der Waals surface area contributed by atoms with Crippen molar-refractivity contribution in [1.29, 1.82) is 0 Å². The van der Waals surface area contributed by atoms with Crippen LogP contribution in [-0.2, 0) is 11.3 Å². The molecule has 1 aliphatic carbocycles. The van der Waals surface area contributed by atoms with Gasteiger partial charge in [0.25, 0.3) is 0 Å². The van der Waals surface area contributed by atoms with E-state index in [4.69, 9.17) is 4.89 Å². The number of benzene rings is 1. The summed E-state index contributed by atoms with van der Waals surface area (Å²) < 4.78 is 14.6. The molecule has 1 unspecified atom stereocenters. The quantitative estimate of drug-likeness (QED) is 0.250. The van der Waals surface area contributed by atoms with Gasteiger partial charge >= 0.3 is 0 Å². The monoisotopic (exact) mass is 364 g/mol. The van der Waals surface area contributed by atoms with Crippen molar-refractivity contribution in [3.63, 3.8) is 0 Å². The van der Waals surface area contributed by atoms with Gasteiger partial charge in [0, 0.05) is 5.56 Å². The van der Waals surface area contributed by atoms with Crippen LogP contribution in [0.2, 0.25) is 0 Å². The maximum Gasteiger partial charge on any atom is 0.129 e. The molecule has 0 bridgehead atoms. The summed E-state index contributed by atoms with van der Waals surface area (Å²) in [4.78, 5) is 4.79. The number of hydrogen-bond acceptors (Lipinski definition) is 2. The van der Waals surface area contributed by atoms with E-state index in [1.54, 1.807) is 6.07 Å². The van der Waals surface area contributed by atoms with Gasteiger partial charge in [0.2, 0.25) is 0 Å². The van der Waals surface area contributed by atoms with Crippen molar-refractivity contribution >= 4 is 0 Å². The molecule has 0 heterocycles. The summed E-state index contributed by atoms with van der Waals surface area (Å²) in [6.07, 6.45) is 13.4. The van der Waals surface area contributed by atoms with Crippen LogP contribution < -0.4 is 0 Å². The van der Waals surface area contributed by atoms with E-state index in [0.29, 0.717) is 5.56 Å². The second kappa shape index (κ2) is 11.7. The van der Waals surface area contributed by atoms with Gasteiger partial charge in [-0.15, -0.1) is 0 Å². The van der Waals surface area contributed by atoms with Crippen LogP contribution in [0.25, 0.3) is 0 Å². The van der Waals surface area contributed by atoms with Gasteiger partial charge in [-0.3, -0.25) is 5.26 Å². The molecule has 0 aliphatic heterocycles. The van der Waals surface area contributed by atoms with Gasteiger partial charge in [-0.05, 0) is 49.1 Å². The highest BCUT2D eigenvalue weighted by atomic mass is 19.1. The molecule has 0 spiro atoms. The minimum absolute atomic E-state index is 0.211. The third kappa shape index (κ3) is 6.35. The molecule has 3 heteroatoms. The highest BCUT2D eigenvalue weighted by Crippen LogP contribution is 2.40. The SMILES string of the molecule is CCCCCc1ccc(C(OO)C2CCC(CCCCC)CC2)c(F)c1. The predicted octanol–water partition coefficient (Wildman–Crippen LogP) is 7.48. The standard InChI is InChI=1S/C23H37FO2/c1-3-5-7-9-18-11-14-20(15-12-18)23(26-25)21-16-13-19(17-22(21)24)10-8-6-4-2/h13,16-18,20,23,25H,3-12,14-15H2,1-2H3. The van der Waals surface area contributed by atoms with E-state index in [1.807, 2.05) is 12.1 Å². The Labute approximate surface area is 159 Å². The molecule has 2 nitrogen and oxygen atoms in total. The summed E-state index contributed by atoms with van der Waals surface area (Å²) in [6.45, 7) is 4.41. The molecule has 1 saturated carbocycles. The van der Waals surface area contributed by atoms with Crippen LogP contribution in [-0.4, -0.2) is 5.26 Å². The van der Waals surface area contributed by atoms with Gasteiger partial charge in [0.15, 0.2) is 0 Å². The third-order valence-corrected chi connectivity index (χ3v) is 6.09. The molecule has 1 aromatic carbocycles. The van der Waals surface area contributed by atoms with Crippen LogP contribution in [0.3, 0.4) is 0 Å². The van der Waals surface area contributed by atoms with Gasteiger partial charge in [-0.25, -0.2) is 9.28 Å². The normalized spacial score (nSPS) is 21.7. The fourth-order valence-electron chi connectivity index (χ4n) is 4.40. The highest BCUT2D eigenvalue weighted by Gasteiger charge is 2.31. The molecule has 2 rings (SSSR count). The highest BCUT2D eigenvalue weighted by molar-refractivity contribution is 5.27. The van der Waals surface area contributed by atoms with Crippen LogP contribution in [0.4, 0.5) is 4.39 Å². The van der Waals surface area contributed by atoms with Gasteiger partial charge in [0.1, 0.15) is 11.9 Å². The summed E-state index contributed by atoms with van der Waals surface area (Å²) >= 11 is 0. The average Bonchev–Trinajstić information content (AvgIpc) is 2.65. The van der Waals surface area contributed by atoms with Gasteiger partial charge < -0.3 is 0 Å². The first-order valence-electron chi connectivity index (χ1n) is 10.8. The minimum atomic E-state index is -0.531. The topological polar surface area (TPSA) is 29.5 Å². The molecule has 0 radical (unpaired) electrons. The predicted molar refractivity (Wildman–Crippen MR) is 106 cm³/mol. The maximum atomic E-state index is 14.6. The summed E-state index contributed by atoms with van der Waals surface area (Å²) in [6, 6.07) is 5.45. The van der Waals surface area contributed by atoms with E-state index in [9.17, 15) is 9.65 Å². The first kappa shape index (κ1) is 21.4. The van der Waals surface area contributed by atoms with Crippen molar-refractivity contribution in [2.24, 2.45) is 11.8 Å². The van der Waals surface area contributed by atoms with E-state index >= 15 is 0 Å². The molecule has 1 fully saturated rings. The van der Waals surface area contributed by atoms with E-state index in [2.05, 4.69) is 13.8 Å². The van der Waals surface area contributed by atoms with E-state index in [0.717, 1.165) is 37.2 Å². The van der Waals surface area contributed by atoms with Gasteiger partial charge in [-0.2, -0.15) is 0 Å². The minimum Gasteiger partial charge on any atom is -0.251 e. The van der Waals surface area contributed by atoms with Crippen molar-refractivity contribution in [2.45, 2.75) is 97.0 Å². The van der Waals surface area contributed by atoms with Crippen LogP contribution in [0.1, 0.15) is 102 Å². The van der Waals surface area contributed by atoms with Gasteiger partial charge in [0.05, 0.1) is 0 Å². The zero-order chi connectivity index (χ0) is 18.8. The summed E-state index contributed by atoms with van der Waals surface area (Å²) in [5.41, 5.74) is 1.55. The molecule has 1 atom stereocenters. The van der Waals surface area contributed by atoms with E-state index in [1.165, 1.54) is 51.4 Å². The smallest absolute Gasteiger partial charge is 0.129 e. The second-order valence-corrected chi connectivity index (χ2v) is 8.12. The van der Waals surface area contributed by atoms with Crippen molar-refractivity contribution in [3.05, 3.63) is 35.1 Å². The molecular weight excluding hydrogens is 327 g/mol. The van der Waals surface area contributed by atoms with E-state index < -0.39 is 6.10 Å². The Morgan fingerprint density at radius 2 is 1.73 bits per heavy atom. The van der Waals surface area contributed by atoms with Gasteiger partial charge in [-0.1, -0.05) is 77.3 Å². The molecule has 26 heavy (non-hydrogen) atoms. The fraction of sp³-hybridized carbons (Fsp3) is 0.739. The second-order valence-electron chi connectivity index (χ2n) is 8.12. The molecule has 148 valence electrons. The molecular formula is C23H37FO2. The van der Waals surface area contributed by atoms with Crippen molar-refractivity contribution in [2.75, 3.05) is 0 Å². The Hall–Kier alpha value is -0.930. The Morgan fingerprint density at radius 3 is 2.35 bits per heavy atom. The number of hydrogen-bond donors (Lipinski definition) is 1. The van der Waals surface area contributed by atoms with Crippen LogP contribution in [0.5, 0.6) is 0 Å². The molecule has 0 saturated heterocycles. The Bertz CT molecular complexity index is 509. The maximum absolute atomic E-state index is 14.6. The molecule has 0 aromatic heterocycles. The lowest BCUT2D eigenvalue weighted by Crippen LogP contribution is -2.22. The van der Waals surface area contributed by atoms with Crippen LogP contribution in [0, 0.1) is 17.7 Å². The lowest BCUT2D eigenvalue weighted by Gasteiger charge is -2.32. The number of unbranched alkanes of at least 4 members (excludes halogenated alkanes) is 4. The lowest BCUT2D eigenvalue weighted by molar-refractivity contribution is -0.296. The number of aryl methyl sites for hydroxylation is 1. The average molecular weight is 365 g/mol. The van der Waals surface area contributed by atoms with Crippen molar-refractivity contribution in [3.8, 4) is 0 Å². The molecule has 0 amide bonds. The molecule has 1 aromatic rings. The first-order valence-corrected chi connectivity index (χ1v) is 10.8. The number of halogens is 1. The summed E-state index contributed by atoms with van der Waals surface area (Å²) in [5.74, 6) is 0.772. The third-order valence-electron chi connectivity index (χ3n) is 6.09. The number of rotatable bonds is 11. The lowest BCUT2D eigenvalue weighted by atomic mass is 9.76. The zero-order valence-corrected chi connectivity index (χ0v) is 16.7. The van der Waals surface area contributed by atoms with Crippen LogP contribution >= 0.6 is 0 Å². The molecule has 1 N–H and O–H groups in total. The summed E-state index contributed by atoms with van der Waals surface area (Å²) in [5, 5.41) is 9.47. The fourth-order valence-corrected chi connectivity index (χ4v) is 4.40. The Kier molecular flexibility index (Phi) is 9.63. The molecule has 1 aliphatic rings. The van der Waals surface area contributed by atoms with Crippen LogP contribution in [0.15, 0.2) is 18.2 Å². The Morgan fingerprint density at radius 1 is 1.04 bits per heavy atom. The first-order chi connectivity index (χ1) is 12.7. The Balaban J connectivity index is 1.92. The zero-order valence-electron chi connectivity index (χ0n) is 16.7.